The number of aldehydes is 1. The molecule has 3 heteroatoms. The molecule has 1 rings (SSSR count). The van der Waals surface area contributed by atoms with Gasteiger partial charge in [-0.3, -0.25) is 4.79 Å². The number of rotatable bonds is 1. The molecule has 2 nitrogen and oxygen atoms in total. The van der Waals surface area contributed by atoms with Crippen LogP contribution in [0.2, 0.25) is 0 Å². The quantitative estimate of drug-likeness (QED) is 0.633. The molecule has 0 saturated heterocycles. The number of carbonyl (C=O) groups is 1. The predicted octanol–water partition coefficient (Wildman–Crippen LogP) is 2.16. The average Bonchev–Trinajstić information content (AvgIpc) is 2.13. The maximum atomic E-state index is 10.1. The molecular formula is C6H5BrO2. The van der Waals surface area contributed by atoms with Crippen LogP contribution in [0, 0.1) is 6.92 Å². The molecule has 0 N–H and O–H groups in total. The van der Waals surface area contributed by atoms with Gasteiger partial charge in [0.05, 0.1) is 0 Å². The van der Waals surface area contributed by atoms with Gasteiger partial charge in [0, 0.05) is 5.56 Å². The number of carbonyl (C=O) groups excluding carboxylic acids is 1. The number of hydrogen-bond donors (Lipinski definition) is 0. The molecule has 0 aliphatic heterocycles. The van der Waals surface area contributed by atoms with Crippen LogP contribution in [0.25, 0.3) is 0 Å². The van der Waals surface area contributed by atoms with Crippen LogP contribution in [0.5, 0.6) is 0 Å². The van der Waals surface area contributed by atoms with Gasteiger partial charge in [0.1, 0.15) is 0 Å². The van der Waals surface area contributed by atoms with Gasteiger partial charge in [-0.1, -0.05) is 0 Å². The molecule has 48 valence electrons. The normalized spacial score (nSPS) is 9.56. The van der Waals surface area contributed by atoms with Crippen LogP contribution in [-0.4, -0.2) is 6.29 Å². The summed E-state index contributed by atoms with van der Waals surface area (Å²) in [6.07, 6.45) is 0.678. The zero-order chi connectivity index (χ0) is 6.85. The third-order valence-electron chi connectivity index (χ3n) is 0.992. The Hall–Kier alpha value is -0.570. The van der Waals surface area contributed by atoms with Crippen molar-refractivity contribution in [2.24, 2.45) is 0 Å². The summed E-state index contributed by atoms with van der Waals surface area (Å²) >= 11 is 3.13. The highest BCUT2D eigenvalue weighted by Crippen LogP contribution is 2.18. The predicted molar refractivity (Wildman–Crippen MR) is 36.5 cm³/mol. The van der Waals surface area contributed by atoms with Gasteiger partial charge in [0.15, 0.2) is 16.7 Å². The van der Waals surface area contributed by atoms with Crippen LogP contribution >= 0.6 is 15.9 Å². The molecule has 0 atom stereocenters. The molecule has 0 amide bonds. The topological polar surface area (TPSA) is 30.2 Å². The third-order valence-corrected chi connectivity index (χ3v) is 1.78. The molecule has 0 fully saturated rings. The van der Waals surface area contributed by atoms with Gasteiger partial charge in [0.25, 0.3) is 0 Å². The van der Waals surface area contributed by atoms with Gasteiger partial charge in [-0.2, -0.15) is 0 Å². The minimum absolute atomic E-state index is 0.361. The fourth-order valence-corrected chi connectivity index (χ4v) is 0.843. The van der Waals surface area contributed by atoms with E-state index in [1.165, 1.54) is 0 Å². The van der Waals surface area contributed by atoms with Crippen LogP contribution in [-0.2, 0) is 0 Å². The summed E-state index contributed by atoms with van der Waals surface area (Å²) in [5.74, 6) is 0.361. The standard InChI is InChI=1S/C6H5BrO2/c1-4-2-5(3-8)9-6(4)7/h2-3H,1H3. The molecule has 0 spiro atoms. The molecule has 1 aromatic rings. The fraction of sp³-hybridized carbons (Fsp3) is 0.167. The summed E-state index contributed by atoms with van der Waals surface area (Å²) < 4.78 is 5.54. The minimum atomic E-state index is 0.361. The second kappa shape index (κ2) is 2.35. The van der Waals surface area contributed by atoms with E-state index in [1.807, 2.05) is 6.92 Å². The van der Waals surface area contributed by atoms with Crippen molar-refractivity contribution in [3.05, 3.63) is 22.1 Å². The molecular weight excluding hydrogens is 184 g/mol. The maximum absolute atomic E-state index is 10.1. The van der Waals surface area contributed by atoms with Crippen molar-refractivity contribution in [2.45, 2.75) is 6.92 Å². The summed E-state index contributed by atoms with van der Waals surface area (Å²) in [4.78, 5) is 10.1. The first-order valence-corrected chi connectivity index (χ1v) is 3.24. The fourth-order valence-electron chi connectivity index (χ4n) is 0.542. The average molecular weight is 189 g/mol. The molecule has 0 radical (unpaired) electrons. The Kier molecular flexibility index (Phi) is 1.71. The Labute approximate surface area is 61.0 Å². The Balaban J connectivity index is 3.11. The molecule has 9 heavy (non-hydrogen) atoms. The van der Waals surface area contributed by atoms with Crippen molar-refractivity contribution in [2.75, 3.05) is 0 Å². The first-order chi connectivity index (χ1) is 4.24. The Morgan fingerprint density at radius 1 is 1.78 bits per heavy atom. The summed E-state index contributed by atoms with van der Waals surface area (Å²) in [6, 6.07) is 1.68. The Bertz CT molecular complexity index is 207. The molecule has 0 unspecified atom stereocenters. The van der Waals surface area contributed by atoms with Crippen LogP contribution in [0.15, 0.2) is 15.2 Å². The molecule has 0 aromatic carbocycles. The maximum Gasteiger partial charge on any atom is 0.185 e. The smallest absolute Gasteiger partial charge is 0.185 e. The van der Waals surface area contributed by atoms with E-state index < -0.39 is 0 Å². The lowest BCUT2D eigenvalue weighted by Crippen LogP contribution is -1.66. The zero-order valence-electron chi connectivity index (χ0n) is 4.85. The Morgan fingerprint density at radius 2 is 2.44 bits per heavy atom. The van der Waals surface area contributed by atoms with E-state index in [9.17, 15) is 4.79 Å². The van der Waals surface area contributed by atoms with Crippen molar-refractivity contribution in [1.82, 2.24) is 0 Å². The van der Waals surface area contributed by atoms with Crippen molar-refractivity contribution in [1.29, 1.82) is 0 Å². The van der Waals surface area contributed by atoms with Crippen LogP contribution in [0.4, 0.5) is 0 Å². The SMILES string of the molecule is Cc1cc(C=O)oc1Br. The molecule has 0 saturated carbocycles. The summed E-state index contributed by atoms with van der Waals surface area (Å²) in [5, 5.41) is 0. The second-order valence-corrected chi connectivity index (χ2v) is 2.44. The highest BCUT2D eigenvalue weighted by Gasteiger charge is 2.01. The van der Waals surface area contributed by atoms with Crippen molar-refractivity contribution < 1.29 is 9.21 Å². The summed E-state index contributed by atoms with van der Waals surface area (Å²) in [6.45, 7) is 1.86. The summed E-state index contributed by atoms with van der Waals surface area (Å²) in [5.41, 5.74) is 0.942. The van der Waals surface area contributed by atoms with Gasteiger partial charge in [-0.05, 0) is 28.9 Å². The first-order valence-electron chi connectivity index (χ1n) is 2.45. The van der Waals surface area contributed by atoms with Gasteiger partial charge >= 0.3 is 0 Å². The molecule has 1 heterocycles. The van der Waals surface area contributed by atoms with E-state index in [0.29, 0.717) is 16.7 Å². The lowest BCUT2D eigenvalue weighted by molar-refractivity contribution is 0.109. The second-order valence-electron chi connectivity index (χ2n) is 1.72. The van der Waals surface area contributed by atoms with Gasteiger partial charge in [-0.25, -0.2) is 0 Å². The highest BCUT2D eigenvalue weighted by molar-refractivity contribution is 9.10. The van der Waals surface area contributed by atoms with E-state index in [2.05, 4.69) is 15.9 Å². The van der Waals surface area contributed by atoms with E-state index >= 15 is 0 Å². The lowest BCUT2D eigenvalue weighted by atomic mass is 10.3. The number of furan rings is 1. The lowest BCUT2D eigenvalue weighted by Gasteiger charge is -1.77. The third kappa shape index (κ3) is 1.21. The Morgan fingerprint density at radius 3 is 2.67 bits per heavy atom. The highest BCUT2D eigenvalue weighted by atomic mass is 79.9. The summed E-state index contributed by atoms with van der Waals surface area (Å²) in [7, 11) is 0. The van der Waals surface area contributed by atoms with E-state index in [1.54, 1.807) is 6.07 Å². The van der Waals surface area contributed by atoms with E-state index in [-0.39, 0.29) is 0 Å². The van der Waals surface area contributed by atoms with Crippen LogP contribution in [0.3, 0.4) is 0 Å². The number of hydrogen-bond acceptors (Lipinski definition) is 2. The van der Waals surface area contributed by atoms with Gasteiger partial charge < -0.3 is 4.42 Å². The van der Waals surface area contributed by atoms with E-state index in [4.69, 9.17) is 4.42 Å². The first kappa shape index (κ1) is 6.55. The zero-order valence-corrected chi connectivity index (χ0v) is 6.44. The molecule has 0 aliphatic rings. The van der Waals surface area contributed by atoms with Crippen molar-refractivity contribution >= 4 is 22.2 Å². The largest absolute Gasteiger partial charge is 0.446 e. The van der Waals surface area contributed by atoms with Crippen LogP contribution in [0.1, 0.15) is 16.1 Å². The van der Waals surface area contributed by atoms with Crippen LogP contribution < -0.4 is 0 Å². The minimum Gasteiger partial charge on any atom is -0.446 e. The van der Waals surface area contributed by atoms with Crippen molar-refractivity contribution in [3.8, 4) is 0 Å². The van der Waals surface area contributed by atoms with E-state index in [0.717, 1.165) is 5.56 Å². The number of aryl methyl sites for hydroxylation is 1. The molecule has 0 aliphatic carbocycles. The number of halogens is 1. The van der Waals surface area contributed by atoms with Gasteiger partial charge in [0.2, 0.25) is 0 Å². The molecule has 1 aromatic heterocycles. The molecule has 0 bridgehead atoms. The van der Waals surface area contributed by atoms with Crippen molar-refractivity contribution in [3.63, 3.8) is 0 Å². The monoisotopic (exact) mass is 188 g/mol. The van der Waals surface area contributed by atoms with Gasteiger partial charge in [-0.15, -0.1) is 0 Å².